The summed E-state index contributed by atoms with van der Waals surface area (Å²) in [6.45, 7) is 1.73. The molecular formula is C19H21NO6S. The number of carboxylic acids is 1. The van der Waals surface area contributed by atoms with Crippen LogP contribution in [0.4, 0.5) is 5.69 Å². The Labute approximate surface area is 157 Å². The van der Waals surface area contributed by atoms with Gasteiger partial charge in [-0.05, 0) is 42.3 Å². The second-order valence-corrected chi connectivity index (χ2v) is 8.28. The lowest BCUT2D eigenvalue weighted by Gasteiger charge is -2.14. The first-order chi connectivity index (χ1) is 12.6. The van der Waals surface area contributed by atoms with Gasteiger partial charge in [-0.3, -0.25) is 4.79 Å². The highest BCUT2D eigenvalue weighted by molar-refractivity contribution is 7.90. The molecule has 0 heterocycles. The molecule has 0 spiro atoms. The molecule has 8 heteroatoms. The lowest BCUT2D eigenvalue weighted by Crippen LogP contribution is -2.22. The minimum Gasteiger partial charge on any atom is -0.497 e. The normalized spacial score (nSPS) is 12.3. The molecule has 0 saturated heterocycles. The van der Waals surface area contributed by atoms with Gasteiger partial charge in [0.25, 0.3) is 0 Å². The molecule has 0 aromatic heterocycles. The number of sulfone groups is 1. The van der Waals surface area contributed by atoms with Gasteiger partial charge in [0.15, 0.2) is 9.84 Å². The molecule has 1 unspecified atom stereocenters. The van der Waals surface area contributed by atoms with Crippen molar-refractivity contribution in [3.05, 3.63) is 53.6 Å². The van der Waals surface area contributed by atoms with Crippen LogP contribution in [-0.2, 0) is 21.1 Å². The molecule has 0 aliphatic rings. The topological polar surface area (TPSA) is 110 Å². The van der Waals surface area contributed by atoms with Gasteiger partial charge in [0.05, 0.1) is 17.6 Å². The summed E-state index contributed by atoms with van der Waals surface area (Å²) in [5.74, 6) is -1.31. The summed E-state index contributed by atoms with van der Waals surface area (Å²) in [4.78, 5) is 23.5. The molecule has 0 aliphatic heterocycles. The van der Waals surface area contributed by atoms with Crippen LogP contribution in [0.25, 0.3) is 0 Å². The Hall–Kier alpha value is -2.87. The fraction of sp³-hybridized carbons (Fsp3) is 0.263. The van der Waals surface area contributed by atoms with E-state index in [2.05, 4.69) is 5.32 Å². The van der Waals surface area contributed by atoms with E-state index in [1.54, 1.807) is 26.2 Å². The first-order valence-corrected chi connectivity index (χ1v) is 10.0. The lowest BCUT2D eigenvalue weighted by molar-refractivity contribution is -0.119. The molecule has 0 fully saturated rings. The standard InChI is InChI=1S/C19H21NO6S/c1-12(8-13-4-6-16(26-2)7-5-13)18(21)20-15-9-14(19(22)23)10-17(11-15)27(3,24)25/h4-7,9-12H,8H2,1-3H3,(H,20,21)(H,22,23). The van der Waals surface area contributed by atoms with Crippen LogP contribution in [0.15, 0.2) is 47.4 Å². The van der Waals surface area contributed by atoms with Crippen molar-refractivity contribution in [3.8, 4) is 5.75 Å². The smallest absolute Gasteiger partial charge is 0.335 e. The van der Waals surface area contributed by atoms with Crippen LogP contribution >= 0.6 is 0 Å². The highest BCUT2D eigenvalue weighted by atomic mass is 32.2. The van der Waals surface area contributed by atoms with Gasteiger partial charge >= 0.3 is 5.97 Å². The SMILES string of the molecule is COc1ccc(CC(C)C(=O)Nc2cc(C(=O)O)cc(S(C)(=O)=O)c2)cc1. The Morgan fingerprint density at radius 3 is 2.30 bits per heavy atom. The zero-order valence-electron chi connectivity index (χ0n) is 15.2. The summed E-state index contributed by atoms with van der Waals surface area (Å²) in [7, 11) is -2.05. The van der Waals surface area contributed by atoms with Crippen LogP contribution in [0.3, 0.4) is 0 Å². The molecule has 0 saturated carbocycles. The van der Waals surface area contributed by atoms with E-state index in [1.165, 1.54) is 12.1 Å². The van der Waals surface area contributed by atoms with Gasteiger partial charge in [-0.25, -0.2) is 13.2 Å². The molecule has 7 nitrogen and oxygen atoms in total. The second kappa shape index (κ2) is 8.22. The van der Waals surface area contributed by atoms with Crippen LogP contribution in [0.2, 0.25) is 0 Å². The number of hydrogen-bond donors (Lipinski definition) is 2. The maximum atomic E-state index is 12.4. The highest BCUT2D eigenvalue weighted by Crippen LogP contribution is 2.21. The summed E-state index contributed by atoms with van der Waals surface area (Å²) in [5, 5.41) is 11.8. The summed E-state index contributed by atoms with van der Waals surface area (Å²) in [6.07, 6.45) is 1.44. The van der Waals surface area contributed by atoms with E-state index >= 15 is 0 Å². The van der Waals surface area contributed by atoms with E-state index in [4.69, 9.17) is 9.84 Å². The van der Waals surface area contributed by atoms with Gasteiger partial charge in [0.2, 0.25) is 5.91 Å². The third-order valence-electron chi connectivity index (χ3n) is 4.00. The Bertz CT molecular complexity index is 951. The van der Waals surface area contributed by atoms with Crippen molar-refractivity contribution < 1.29 is 27.9 Å². The number of aromatic carboxylic acids is 1. The second-order valence-electron chi connectivity index (χ2n) is 6.27. The van der Waals surface area contributed by atoms with E-state index in [0.717, 1.165) is 23.6 Å². The van der Waals surface area contributed by atoms with Gasteiger partial charge in [-0.15, -0.1) is 0 Å². The van der Waals surface area contributed by atoms with Gasteiger partial charge in [0, 0.05) is 17.9 Å². The predicted molar refractivity (Wildman–Crippen MR) is 101 cm³/mol. The molecule has 2 aromatic carbocycles. The van der Waals surface area contributed by atoms with E-state index in [9.17, 15) is 18.0 Å². The molecule has 1 amide bonds. The van der Waals surface area contributed by atoms with E-state index in [-0.39, 0.29) is 22.1 Å². The van der Waals surface area contributed by atoms with Crippen molar-refractivity contribution in [3.63, 3.8) is 0 Å². The Morgan fingerprint density at radius 1 is 1.15 bits per heavy atom. The maximum absolute atomic E-state index is 12.4. The molecule has 0 aliphatic carbocycles. The van der Waals surface area contributed by atoms with Crippen LogP contribution in [0.1, 0.15) is 22.8 Å². The lowest BCUT2D eigenvalue weighted by atomic mass is 10.00. The van der Waals surface area contributed by atoms with E-state index in [1.807, 2.05) is 12.1 Å². The minimum absolute atomic E-state index is 0.127. The van der Waals surface area contributed by atoms with Crippen LogP contribution < -0.4 is 10.1 Å². The monoisotopic (exact) mass is 391 g/mol. The fourth-order valence-electron chi connectivity index (χ4n) is 2.48. The number of rotatable bonds is 7. The average molecular weight is 391 g/mol. The average Bonchev–Trinajstić information content (AvgIpc) is 2.61. The molecular weight excluding hydrogens is 370 g/mol. The van der Waals surface area contributed by atoms with Crippen molar-refractivity contribution in [2.75, 3.05) is 18.7 Å². The molecule has 2 N–H and O–H groups in total. The zero-order chi connectivity index (χ0) is 20.2. The van der Waals surface area contributed by atoms with Crippen LogP contribution in [0, 0.1) is 5.92 Å². The summed E-state index contributed by atoms with van der Waals surface area (Å²) < 4.78 is 28.6. The minimum atomic E-state index is -3.62. The van der Waals surface area contributed by atoms with Crippen molar-refractivity contribution in [2.45, 2.75) is 18.2 Å². The number of carbonyl (C=O) groups is 2. The Kier molecular flexibility index (Phi) is 6.22. The molecule has 1 atom stereocenters. The van der Waals surface area contributed by atoms with Gasteiger partial charge in [-0.1, -0.05) is 19.1 Å². The third kappa shape index (κ3) is 5.55. The summed E-state index contributed by atoms with van der Waals surface area (Å²) >= 11 is 0. The zero-order valence-corrected chi connectivity index (χ0v) is 16.0. The first-order valence-electron chi connectivity index (χ1n) is 8.12. The number of benzene rings is 2. The highest BCUT2D eigenvalue weighted by Gasteiger charge is 2.18. The van der Waals surface area contributed by atoms with Gasteiger partial charge in [0.1, 0.15) is 5.75 Å². The largest absolute Gasteiger partial charge is 0.497 e. The first kappa shape index (κ1) is 20.4. The van der Waals surface area contributed by atoms with Crippen LogP contribution in [0.5, 0.6) is 5.75 Å². The number of methoxy groups -OCH3 is 1. The molecule has 2 rings (SSSR count). The number of carbonyl (C=O) groups excluding carboxylic acids is 1. The van der Waals surface area contributed by atoms with E-state index < -0.39 is 21.7 Å². The molecule has 27 heavy (non-hydrogen) atoms. The third-order valence-corrected chi connectivity index (χ3v) is 5.09. The van der Waals surface area contributed by atoms with Crippen molar-refractivity contribution >= 4 is 27.4 Å². The van der Waals surface area contributed by atoms with Crippen molar-refractivity contribution in [2.24, 2.45) is 5.92 Å². The van der Waals surface area contributed by atoms with Crippen molar-refractivity contribution in [1.82, 2.24) is 0 Å². The Balaban J connectivity index is 2.18. The number of carboxylic acid groups (broad SMARTS) is 1. The maximum Gasteiger partial charge on any atom is 0.335 e. The number of amides is 1. The number of hydrogen-bond acceptors (Lipinski definition) is 5. The van der Waals surface area contributed by atoms with Crippen molar-refractivity contribution in [1.29, 1.82) is 0 Å². The molecule has 144 valence electrons. The summed E-state index contributed by atoms with van der Waals surface area (Å²) in [6, 6.07) is 10.9. The Morgan fingerprint density at radius 2 is 1.78 bits per heavy atom. The predicted octanol–water partition coefficient (Wildman–Crippen LogP) is 2.61. The quantitative estimate of drug-likeness (QED) is 0.751. The number of anilines is 1. The van der Waals surface area contributed by atoms with Gasteiger partial charge in [-0.2, -0.15) is 0 Å². The number of ether oxygens (including phenoxy) is 1. The molecule has 0 bridgehead atoms. The summed E-state index contributed by atoms with van der Waals surface area (Å²) in [5.41, 5.74) is 0.854. The number of nitrogens with one attached hydrogen (secondary N) is 1. The molecule has 0 radical (unpaired) electrons. The fourth-order valence-corrected chi connectivity index (χ4v) is 3.16. The molecule has 2 aromatic rings. The van der Waals surface area contributed by atoms with E-state index in [0.29, 0.717) is 6.42 Å². The van der Waals surface area contributed by atoms with Crippen LogP contribution in [-0.4, -0.2) is 38.8 Å². The van der Waals surface area contributed by atoms with Gasteiger partial charge < -0.3 is 15.2 Å².